The van der Waals surface area contributed by atoms with Crippen molar-refractivity contribution < 1.29 is 19.8 Å². The third kappa shape index (κ3) is 4.91. The number of rotatable bonds is 4. The van der Waals surface area contributed by atoms with Crippen LogP contribution in [0.15, 0.2) is 6.20 Å². The number of imide groups is 1. The Morgan fingerprint density at radius 1 is 1.00 bits per heavy atom. The van der Waals surface area contributed by atoms with Gasteiger partial charge in [-0.05, 0) is 27.8 Å². The molecule has 0 fully saturated rings. The second kappa shape index (κ2) is 7.97. The zero-order valence-corrected chi connectivity index (χ0v) is 19.5. The van der Waals surface area contributed by atoms with Gasteiger partial charge < -0.3 is 15.5 Å². The third-order valence-electron chi connectivity index (χ3n) is 4.82. The molecule has 164 valence electrons. The van der Waals surface area contributed by atoms with Crippen LogP contribution in [0.5, 0.6) is 0 Å². The Hall–Kier alpha value is -2.09. The number of carbonyl (C=O) groups is 2. The van der Waals surface area contributed by atoms with Crippen LogP contribution in [0, 0.1) is 16.2 Å². The molecule has 0 saturated carbocycles. The first-order valence-electron chi connectivity index (χ1n) is 9.39. The fourth-order valence-corrected chi connectivity index (χ4v) is 4.34. The van der Waals surface area contributed by atoms with Gasteiger partial charge in [-0.3, -0.25) is 0 Å². The average molecular weight is 429 g/mol. The van der Waals surface area contributed by atoms with Crippen LogP contribution in [0.25, 0.3) is 0 Å². The number of nitrogens with one attached hydrogen (secondary N) is 1. The van der Waals surface area contributed by atoms with Crippen LogP contribution in [0.1, 0.15) is 67.9 Å². The SMILES string of the molecule is CC(C)(C)CNc1nc(Cl)ncc1C(N(C(=O)O)C(=O)O)(C(C)(C)C)C(C)(C)C. The monoisotopic (exact) mass is 428 g/mol. The number of aromatic nitrogens is 2. The van der Waals surface area contributed by atoms with Crippen LogP contribution in [-0.4, -0.2) is 43.8 Å². The molecule has 29 heavy (non-hydrogen) atoms. The minimum absolute atomic E-state index is 0.0147. The molecule has 0 radical (unpaired) electrons. The van der Waals surface area contributed by atoms with Crippen LogP contribution in [0.3, 0.4) is 0 Å². The molecule has 0 unspecified atom stereocenters. The number of hydrogen-bond donors (Lipinski definition) is 3. The number of anilines is 1. The molecule has 0 saturated heterocycles. The van der Waals surface area contributed by atoms with Gasteiger partial charge >= 0.3 is 12.2 Å². The standard InChI is InChI=1S/C20H33ClN4O4/c1-17(2,3)11-23-13-12(10-22-14(21)24-13)20(18(4,5)6,19(7,8)9)25(15(26)27)16(28)29/h10H,11H2,1-9H3,(H,26,27)(H,28,29)(H,22,23,24). The Kier molecular flexibility index (Phi) is 6.86. The zero-order valence-electron chi connectivity index (χ0n) is 18.7. The molecule has 0 bridgehead atoms. The van der Waals surface area contributed by atoms with E-state index in [1.165, 1.54) is 6.20 Å². The van der Waals surface area contributed by atoms with Crippen LogP contribution >= 0.6 is 11.6 Å². The highest BCUT2D eigenvalue weighted by molar-refractivity contribution is 6.28. The van der Waals surface area contributed by atoms with Crippen molar-refractivity contribution in [2.75, 3.05) is 11.9 Å². The Morgan fingerprint density at radius 3 is 1.79 bits per heavy atom. The molecule has 1 heterocycles. The summed E-state index contributed by atoms with van der Waals surface area (Å²) >= 11 is 6.04. The molecular formula is C20H33ClN4O4. The highest BCUT2D eigenvalue weighted by Gasteiger charge is 2.61. The van der Waals surface area contributed by atoms with E-state index in [-0.39, 0.29) is 10.7 Å². The second-order valence-electron chi connectivity index (χ2n) is 10.4. The summed E-state index contributed by atoms with van der Waals surface area (Å²) in [6.45, 7) is 17.4. The summed E-state index contributed by atoms with van der Waals surface area (Å²) in [5.74, 6) is 0.317. The van der Waals surface area contributed by atoms with Crippen molar-refractivity contribution in [1.82, 2.24) is 14.9 Å². The van der Waals surface area contributed by atoms with Crippen molar-refractivity contribution in [1.29, 1.82) is 0 Å². The lowest BCUT2D eigenvalue weighted by atomic mass is 9.56. The molecule has 0 aliphatic carbocycles. The first-order chi connectivity index (χ1) is 12.9. The van der Waals surface area contributed by atoms with E-state index in [1.807, 2.05) is 20.8 Å². The van der Waals surface area contributed by atoms with E-state index >= 15 is 0 Å². The topological polar surface area (TPSA) is 116 Å². The minimum atomic E-state index is -1.57. The number of hydrogen-bond acceptors (Lipinski definition) is 5. The fraction of sp³-hybridized carbons (Fsp3) is 0.700. The van der Waals surface area contributed by atoms with Crippen LogP contribution < -0.4 is 5.32 Å². The van der Waals surface area contributed by atoms with Crippen molar-refractivity contribution in [2.45, 2.75) is 67.9 Å². The van der Waals surface area contributed by atoms with Gasteiger partial charge in [0.2, 0.25) is 5.28 Å². The van der Waals surface area contributed by atoms with E-state index in [9.17, 15) is 19.8 Å². The number of halogens is 1. The Bertz CT molecular complexity index is 748. The number of nitrogens with zero attached hydrogens (tertiary/aromatic N) is 3. The summed E-state index contributed by atoms with van der Waals surface area (Å²) in [5.41, 5.74) is -2.98. The van der Waals surface area contributed by atoms with Crippen LogP contribution in [0.4, 0.5) is 15.4 Å². The van der Waals surface area contributed by atoms with Gasteiger partial charge in [-0.2, -0.15) is 0 Å². The molecule has 1 rings (SSSR count). The summed E-state index contributed by atoms with van der Waals surface area (Å²) in [6, 6.07) is 0. The number of amides is 2. The Labute approximate surface area is 177 Å². The van der Waals surface area contributed by atoms with Crippen LogP contribution in [0.2, 0.25) is 5.28 Å². The summed E-state index contributed by atoms with van der Waals surface area (Å²) in [6.07, 6.45) is -1.71. The highest BCUT2D eigenvalue weighted by Crippen LogP contribution is 2.57. The smallest absolute Gasteiger partial charge is 0.417 e. The maximum atomic E-state index is 12.2. The maximum absolute atomic E-state index is 12.2. The van der Waals surface area contributed by atoms with Gasteiger partial charge in [0.15, 0.2) is 0 Å². The molecule has 1 aromatic rings. The third-order valence-corrected chi connectivity index (χ3v) is 5.01. The van der Waals surface area contributed by atoms with Gasteiger partial charge in [0.1, 0.15) is 5.82 Å². The van der Waals surface area contributed by atoms with Crippen molar-refractivity contribution in [3.05, 3.63) is 17.0 Å². The van der Waals surface area contributed by atoms with Gasteiger partial charge in [0, 0.05) is 18.3 Å². The summed E-state index contributed by atoms with van der Waals surface area (Å²) in [5, 5.41) is 23.1. The molecular weight excluding hydrogens is 396 g/mol. The van der Waals surface area contributed by atoms with E-state index in [0.29, 0.717) is 22.8 Å². The molecule has 8 nitrogen and oxygen atoms in total. The number of carboxylic acid groups (broad SMARTS) is 2. The van der Waals surface area contributed by atoms with Crippen LogP contribution in [-0.2, 0) is 5.54 Å². The van der Waals surface area contributed by atoms with E-state index in [4.69, 9.17) is 11.6 Å². The van der Waals surface area contributed by atoms with Gasteiger partial charge in [-0.25, -0.2) is 24.5 Å². The summed E-state index contributed by atoms with van der Waals surface area (Å²) in [7, 11) is 0. The first kappa shape index (κ1) is 24.9. The Morgan fingerprint density at radius 2 is 1.45 bits per heavy atom. The van der Waals surface area contributed by atoms with E-state index in [0.717, 1.165) is 0 Å². The molecule has 0 spiro atoms. The van der Waals surface area contributed by atoms with Crippen molar-refractivity contribution in [3.63, 3.8) is 0 Å². The molecule has 9 heteroatoms. The quantitative estimate of drug-likeness (QED) is 0.539. The van der Waals surface area contributed by atoms with Gasteiger partial charge in [0.25, 0.3) is 0 Å². The molecule has 3 N–H and O–H groups in total. The molecule has 1 aromatic heterocycles. The van der Waals surface area contributed by atoms with Gasteiger partial charge in [-0.15, -0.1) is 0 Å². The average Bonchev–Trinajstić information content (AvgIpc) is 2.46. The predicted octanol–water partition coefficient (Wildman–Crippen LogP) is 5.53. The predicted molar refractivity (Wildman–Crippen MR) is 113 cm³/mol. The fourth-order valence-electron chi connectivity index (χ4n) is 4.20. The lowest BCUT2D eigenvalue weighted by molar-refractivity contribution is -0.0664. The van der Waals surface area contributed by atoms with E-state index in [2.05, 4.69) is 15.3 Å². The summed E-state index contributed by atoms with van der Waals surface area (Å²) < 4.78 is 0. The van der Waals surface area contributed by atoms with E-state index < -0.39 is 28.6 Å². The molecule has 2 amide bonds. The normalized spacial score (nSPS) is 13.2. The largest absolute Gasteiger partial charge is 0.464 e. The molecule has 0 atom stereocenters. The van der Waals surface area contributed by atoms with Crippen molar-refractivity contribution in [3.8, 4) is 0 Å². The summed E-state index contributed by atoms with van der Waals surface area (Å²) in [4.78, 5) is 33.3. The lowest BCUT2D eigenvalue weighted by Gasteiger charge is -2.56. The molecule has 0 aliphatic heterocycles. The molecule has 0 aliphatic rings. The zero-order chi connectivity index (χ0) is 23.0. The molecule has 0 aromatic carbocycles. The van der Waals surface area contributed by atoms with E-state index in [1.54, 1.807) is 41.5 Å². The van der Waals surface area contributed by atoms with Gasteiger partial charge in [0.05, 0.1) is 5.54 Å². The highest BCUT2D eigenvalue weighted by atomic mass is 35.5. The van der Waals surface area contributed by atoms with Crippen molar-refractivity contribution in [2.24, 2.45) is 16.2 Å². The maximum Gasteiger partial charge on any atom is 0.417 e. The second-order valence-corrected chi connectivity index (χ2v) is 10.8. The first-order valence-corrected chi connectivity index (χ1v) is 9.77. The minimum Gasteiger partial charge on any atom is -0.464 e. The Balaban J connectivity index is 4.04. The van der Waals surface area contributed by atoms with Gasteiger partial charge in [-0.1, -0.05) is 62.3 Å². The van der Waals surface area contributed by atoms with Crippen molar-refractivity contribution >= 4 is 29.6 Å². The lowest BCUT2D eigenvalue weighted by Crippen LogP contribution is -2.65.